The van der Waals surface area contributed by atoms with Crippen LogP contribution in [0.15, 0.2) is 91.1 Å². The summed E-state index contributed by atoms with van der Waals surface area (Å²) in [6, 6.07) is 26.0. The van der Waals surface area contributed by atoms with E-state index in [2.05, 4.69) is 6.92 Å². The van der Waals surface area contributed by atoms with Gasteiger partial charge < -0.3 is 10.5 Å². The molecule has 4 aromatic rings. The number of amides is 2. The Morgan fingerprint density at radius 3 is 2.33 bits per heavy atom. The lowest BCUT2D eigenvalue weighted by molar-refractivity contribution is 0.252. The van der Waals surface area contributed by atoms with Crippen LogP contribution in [-0.4, -0.2) is 34.1 Å². The molecule has 0 spiro atoms. The van der Waals surface area contributed by atoms with Crippen molar-refractivity contribution in [3.8, 4) is 5.75 Å². The number of nitrogens with zero attached hydrogens (tertiary/aromatic N) is 5. The second-order valence-electron chi connectivity index (χ2n) is 9.16. The number of carbonyl (C=O) groups is 1. The number of hydrogen-bond acceptors (Lipinski definition) is 6. The zero-order valence-electron chi connectivity index (χ0n) is 21.9. The normalized spacial score (nSPS) is 13.6. The van der Waals surface area contributed by atoms with Crippen LogP contribution in [-0.2, 0) is 6.54 Å². The zero-order valence-corrected chi connectivity index (χ0v) is 22.7. The van der Waals surface area contributed by atoms with E-state index in [9.17, 15) is 4.79 Å². The Morgan fingerprint density at radius 1 is 1.03 bits per heavy atom. The van der Waals surface area contributed by atoms with Gasteiger partial charge in [-0.25, -0.2) is 14.7 Å². The lowest BCUT2D eigenvalue weighted by Gasteiger charge is -2.37. The van der Waals surface area contributed by atoms with E-state index in [0.717, 1.165) is 35.5 Å². The first-order valence-electron chi connectivity index (χ1n) is 12.8. The van der Waals surface area contributed by atoms with Gasteiger partial charge >= 0.3 is 6.03 Å². The molecule has 1 atom stereocenters. The average molecular weight is 539 g/mol. The Balaban J connectivity index is 1.62. The zero-order chi connectivity index (χ0) is 27.4. The van der Waals surface area contributed by atoms with Gasteiger partial charge in [-0.1, -0.05) is 62.0 Å². The van der Waals surface area contributed by atoms with Crippen LogP contribution in [0.3, 0.4) is 0 Å². The van der Waals surface area contributed by atoms with E-state index in [-0.39, 0.29) is 12.1 Å². The van der Waals surface area contributed by atoms with Gasteiger partial charge in [-0.2, -0.15) is 4.98 Å². The minimum absolute atomic E-state index is 0.222. The third kappa shape index (κ3) is 5.32. The molecule has 1 aromatic heterocycles. The maximum Gasteiger partial charge on any atom is 0.335 e. The molecular formula is C30H30N6O2S. The molecule has 2 amide bonds. The van der Waals surface area contributed by atoms with Crippen LogP contribution < -0.4 is 25.2 Å². The van der Waals surface area contributed by atoms with Crippen LogP contribution >= 0.6 is 12.2 Å². The number of hydrogen-bond donors (Lipinski definition) is 1. The number of aromatic nitrogens is 2. The Kier molecular flexibility index (Phi) is 7.81. The molecule has 8 nitrogen and oxygen atoms in total. The van der Waals surface area contributed by atoms with Gasteiger partial charge in [0.1, 0.15) is 10.7 Å². The lowest BCUT2D eigenvalue weighted by atomic mass is 10.1. The van der Waals surface area contributed by atoms with Gasteiger partial charge in [0.2, 0.25) is 5.95 Å². The maximum absolute atomic E-state index is 14.0. The molecule has 39 heavy (non-hydrogen) atoms. The molecule has 0 saturated heterocycles. The first kappa shape index (κ1) is 26.3. The quantitative estimate of drug-likeness (QED) is 0.261. The van der Waals surface area contributed by atoms with Gasteiger partial charge in [0.15, 0.2) is 5.82 Å². The fourth-order valence-electron chi connectivity index (χ4n) is 4.54. The Hall–Kier alpha value is -4.34. The standard InChI is InChI=1S/C30H30N6O2S/c1-3-10-26(31)28(39)36(24-13-8-5-9-14-24)29-32-19-21-20-34(22-15-17-25(38-2)18-16-22)30(37)35(27(21)33-29)23-11-6-4-7-12-23/h4-9,11-19,26H,3,10,20,31H2,1-2H3. The number of fused-ring (bicyclic) bond motifs is 1. The molecule has 2 heterocycles. The molecule has 0 saturated carbocycles. The molecule has 198 valence electrons. The number of anilines is 5. The molecule has 0 fully saturated rings. The van der Waals surface area contributed by atoms with Crippen molar-refractivity contribution in [2.45, 2.75) is 32.4 Å². The highest BCUT2D eigenvalue weighted by Crippen LogP contribution is 2.37. The summed E-state index contributed by atoms with van der Waals surface area (Å²) in [7, 11) is 1.61. The topological polar surface area (TPSA) is 87.8 Å². The highest BCUT2D eigenvalue weighted by atomic mass is 32.1. The predicted molar refractivity (Wildman–Crippen MR) is 159 cm³/mol. The van der Waals surface area contributed by atoms with Crippen molar-refractivity contribution in [1.82, 2.24) is 9.97 Å². The first-order valence-corrected chi connectivity index (χ1v) is 13.2. The molecule has 0 aliphatic carbocycles. The molecular weight excluding hydrogens is 508 g/mol. The summed E-state index contributed by atoms with van der Waals surface area (Å²) < 4.78 is 5.30. The highest BCUT2D eigenvalue weighted by molar-refractivity contribution is 7.80. The van der Waals surface area contributed by atoms with Crippen LogP contribution in [0.2, 0.25) is 0 Å². The van der Waals surface area contributed by atoms with Gasteiger partial charge in [0.25, 0.3) is 0 Å². The van der Waals surface area contributed by atoms with E-state index in [4.69, 9.17) is 32.7 Å². The molecule has 1 aliphatic rings. The molecule has 9 heteroatoms. The lowest BCUT2D eigenvalue weighted by Crippen LogP contribution is -2.46. The number of urea groups is 1. The van der Waals surface area contributed by atoms with Crippen LogP contribution in [0.1, 0.15) is 25.3 Å². The summed E-state index contributed by atoms with van der Waals surface area (Å²) in [4.78, 5) is 29.3. The van der Waals surface area contributed by atoms with Crippen molar-refractivity contribution >= 4 is 52.1 Å². The van der Waals surface area contributed by atoms with E-state index >= 15 is 0 Å². The largest absolute Gasteiger partial charge is 0.497 e. The summed E-state index contributed by atoms with van der Waals surface area (Å²) >= 11 is 5.85. The smallest absolute Gasteiger partial charge is 0.335 e. The van der Waals surface area contributed by atoms with E-state index in [1.54, 1.807) is 28.0 Å². The number of rotatable bonds is 8. The molecule has 1 aliphatic heterocycles. The van der Waals surface area contributed by atoms with Crippen LogP contribution in [0, 0.1) is 0 Å². The molecule has 0 radical (unpaired) electrons. The van der Waals surface area contributed by atoms with Crippen LogP contribution in [0.5, 0.6) is 5.75 Å². The Labute approximate surface area is 233 Å². The summed E-state index contributed by atoms with van der Waals surface area (Å²) in [5.41, 5.74) is 9.52. The molecule has 1 unspecified atom stereocenters. The van der Waals surface area contributed by atoms with Crippen molar-refractivity contribution in [2.75, 3.05) is 21.8 Å². The number of thiocarbonyl (C=S) groups is 1. The predicted octanol–water partition coefficient (Wildman–Crippen LogP) is 6.36. The molecule has 2 N–H and O–H groups in total. The van der Waals surface area contributed by atoms with E-state index in [1.807, 2.05) is 84.9 Å². The molecule has 0 bridgehead atoms. The monoisotopic (exact) mass is 538 g/mol. The Bertz CT molecular complexity index is 1450. The number of nitrogens with two attached hydrogens (primary N) is 1. The van der Waals surface area contributed by atoms with E-state index < -0.39 is 0 Å². The van der Waals surface area contributed by atoms with Crippen molar-refractivity contribution in [2.24, 2.45) is 5.73 Å². The van der Waals surface area contributed by atoms with Crippen molar-refractivity contribution in [1.29, 1.82) is 0 Å². The highest BCUT2D eigenvalue weighted by Gasteiger charge is 2.35. The van der Waals surface area contributed by atoms with Gasteiger partial charge in [-0.15, -0.1) is 0 Å². The maximum atomic E-state index is 14.0. The van der Waals surface area contributed by atoms with Crippen molar-refractivity contribution < 1.29 is 9.53 Å². The van der Waals surface area contributed by atoms with Gasteiger partial charge in [0.05, 0.1) is 25.4 Å². The first-order chi connectivity index (χ1) is 19.0. The van der Waals surface area contributed by atoms with Gasteiger partial charge in [-0.05, 0) is 55.0 Å². The second kappa shape index (κ2) is 11.6. The SMILES string of the molecule is CCCC(N)C(=S)N(c1ccccc1)c1ncc2c(n1)N(c1ccccc1)C(=O)N(c1ccc(OC)cc1)C2. The van der Waals surface area contributed by atoms with Gasteiger partial charge in [-0.3, -0.25) is 9.80 Å². The number of methoxy groups -OCH3 is 1. The summed E-state index contributed by atoms with van der Waals surface area (Å²) in [5.74, 6) is 1.59. The minimum Gasteiger partial charge on any atom is -0.497 e. The fraction of sp³-hybridized carbons (Fsp3) is 0.200. The third-order valence-electron chi connectivity index (χ3n) is 6.54. The number of benzene rings is 3. The van der Waals surface area contributed by atoms with E-state index in [1.165, 1.54) is 0 Å². The molecule has 3 aromatic carbocycles. The van der Waals surface area contributed by atoms with Gasteiger partial charge in [0, 0.05) is 23.1 Å². The second-order valence-corrected chi connectivity index (χ2v) is 9.58. The third-order valence-corrected chi connectivity index (χ3v) is 7.03. The minimum atomic E-state index is -0.345. The number of ether oxygens (including phenoxy) is 1. The van der Waals surface area contributed by atoms with Crippen LogP contribution in [0.25, 0.3) is 0 Å². The van der Waals surface area contributed by atoms with Crippen LogP contribution in [0.4, 0.5) is 33.6 Å². The van der Waals surface area contributed by atoms with Crippen molar-refractivity contribution in [3.63, 3.8) is 0 Å². The van der Waals surface area contributed by atoms with E-state index in [0.29, 0.717) is 29.0 Å². The fourth-order valence-corrected chi connectivity index (χ4v) is 4.85. The summed E-state index contributed by atoms with van der Waals surface area (Å²) in [6.07, 6.45) is 3.39. The number of para-hydroxylation sites is 2. The van der Waals surface area contributed by atoms with Crippen molar-refractivity contribution in [3.05, 3.63) is 96.7 Å². The average Bonchev–Trinajstić information content (AvgIpc) is 2.98. The Morgan fingerprint density at radius 2 is 1.69 bits per heavy atom. The molecule has 5 rings (SSSR count). The number of carbonyl (C=O) groups excluding carboxylic acids is 1. The summed E-state index contributed by atoms with van der Waals surface area (Å²) in [5, 5.41) is 0. The summed E-state index contributed by atoms with van der Waals surface area (Å²) in [6.45, 7) is 2.39.